The number of aromatic nitrogens is 2. The highest BCUT2D eigenvalue weighted by Gasteiger charge is 2.18. The summed E-state index contributed by atoms with van der Waals surface area (Å²) in [6.07, 6.45) is -1.22. The lowest BCUT2D eigenvalue weighted by Crippen LogP contribution is -2.26. The van der Waals surface area contributed by atoms with Crippen molar-refractivity contribution in [3.05, 3.63) is 97.7 Å². The van der Waals surface area contributed by atoms with Crippen molar-refractivity contribution in [1.82, 2.24) is 9.78 Å². The van der Waals surface area contributed by atoms with E-state index in [0.29, 0.717) is 11.3 Å². The summed E-state index contributed by atoms with van der Waals surface area (Å²) in [4.78, 5) is 42.1. The Morgan fingerprint density at radius 3 is 2.38 bits per heavy atom. The van der Waals surface area contributed by atoms with Crippen LogP contribution in [0.4, 0.5) is 0 Å². The fraction of sp³-hybridized carbons (Fsp3) is 0.200. The van der Waals surface area contributed by atoms with E-state index in [-0.39, 0.29) is 17.9 Å². The Labute approximate surface area is 181 Å². The second-order valence-electron chi connectivity index (χ2n) is 6.63. The van der Waals surface area contributed by atoms with Crippen LogP contribution in [0.25, 0.3) is 5.69 Å². The summed E-state index contributed by atoms with van der Waals surface area (Å²) < 4.78 is 7.01. The Balaban J connectivity index is 1.69. The molecule has 1 heterocycles. The molecule has 1 aromatic heterocycles. The van der Waals surface area contributed by atoms with Gasteiger partial charge in [0.15, 0.2) is 0 Å². The topological polar surface area (TPSA) is 149 Å². The molecular formula is C20H18N4O8. The second-order valence-corrected chi connectivity index (χ2v) is 6.63. The Morgan fingerprint density at radius 1 is 1.06 bits per heavy atom. The summed E-state index contributed by atoms with van der Waals surface area (Å²) in [5.74, 6) is -0.373. The van der Waals surface area contributed by atoms with E-state index in [4.69, 9.17) is 4.74 Å². The number of hydrogen-bond donors (Lipinski definition) is 0. The summed E-state index contributed by atoms with van der Waals surface area (Å²) in [5, 5.41) is 23.1. The monoisotopic (exact) mass is 442 g/mol. The summed E-state index contributed by atoms with van der Waals surface area (Å²) in [7, 11) is 0. The summed E-state index contributed by atoms with van der Waals surface area (Å²) in [6.45, 7) is 1.16. The summed E-state index contributed by atoms with van der Waals surface area (Å²) in [5.41, 5.74) is 2.18. The van der Waals surface area contributed by atoms with E-state index in [2.05, 4.69) is 14.8 Å². The average molecular weight is 442 g/mol. The minimum atomic E-state index is -1.18. The summed E-state index contributed by atoms with van der Waals surface area (Å²) >= 11 is 0. The lowest BCUT2D eigenvalue weighted by atomic mass is 10.1. The predicted molar refractivity (Wildman–Crippen MR) is 108 cm³/mol. The molecule has 1 unspecified atom stereocenters. The molecule has 12 nitrogen and oxygen atoms in total. The van der Waals surface area contributed by atoms with Gasteiger partial charge in [-0.1, -0.05) is 30.3 Å². The zero-order valence-electron chi connectivity index (χ0n) is 16.8. The fourth-order valence-corrected chi connectivity index (χ4v) is 2.89. The van der Waals surface area contributed by atoms with Gasteiger partial charge in [0.2, 0.25) is 5.88 Å². The minimum Gasteiger partial charge on any atom is -0.404 e. The molecule has 32 heavy (non-hydrogen) atoms. The normalized spacial score (nSPS) is 11.4. The first-order valence-electron chi connectivity index (χ1n) is 9.33. The number of aryl methyl sites for hydroxylation is 1. The minimum absolute atomic E-state index is 0.0376. The van der Waals surface area contributed by atoms with Crippen LogP contribution >= 0.6 is 0 Å². The number of hydrogen-bond acceptors (Lipinski definition) is 9. The fourth-order valence-electron chi connectivity index (χ4n) is 2.89. The molecule has 0 aliphatic carbocycles. The van der Waals surface area contributed by atoms with Crippen molar-refractivity contribution in [3.8, 4) is 11.6 Å². The van der Waals surface area contributed by atoms with Gasteiger partial charge in [-0.25, -0.2) is 9.48 Å². The zero-order chi connectivity index (χ0) is 23.1. The van der Waals surface area contributed by atoms with E-state index in [1.165, 1.54) is 16.8 Å². The van der Waals surface area contributed by atoms with Crippen LogP contribution in [0.1, 0.15) is 21.6 Å². The number of carbonyl (C=O) groups is 1. The third kappa shape index (κ3) is 6.01. The SMILES string of the molecule is Cc1cc(OC(=O)c2ccc(CC(CO[N+](=O)[O-])O[N+](=O)[O-])cc2)n(-c2ccccc2)n1. The van der Waals surface area contributed by atoms with Crippen molar-refractivity contribution in [2.75, 3.05) is 6.61 Å². The number of para-hydroxylation sites is 1. The largest absolute Gasteiger partial charge is 0.404 e. The van der Waals surface area contributed by atoms with Crippen molar-refractivity contribution >= 4 is 5.97 Å². The van der Waals surface area contributed by atoms with Crippen molar-refractivity contribution < 1.29 is 29.4 Å². The maximum atomic E-state index is 12.6. The van der Waals surface area contributed by atoms with Crippen LogP contribution in [0.2, 0.25) is 0 Å². The van der Waals surface area contributed by atoms with Gasteiger partial charge in [-0.15, -0.1) is 20.2 Å². The molecule has 0 saturated carbocycles. The highest BCUT2D eigenvalue weighted by molar-refractivity contribution is 5.91. The first kappa shape index (κ1) is 22.2. The first-order valence-corrected chi connectivity index (χ1v) is 9.33. The molecule has 3 rings (SSSR count). The van der Waals surface area contributed by atoms with Gasteiger partial charge in [0, 0.05) is 12.5 Å². The molecule has 0 spiro atoms. The smallest absolute Gasteiger partial charge is 0.344 e. The van der Waals surface area contributed by atoms with Crippen molar-refractivity contribution in [1.29, 1.82) is 0 Å². The highest BCUT2D eigenvalue weighted by Crippen LogP contribution is 2.20. The van der Waals surface area contributed by atoms with Gasteiger partial charge in [0.25, 0.3) is 10.2 Å². The maximum Gasteiger partial charge on any atom is 0.344 e. The van der Waals surface area contributed by atoms with Crippen LogP contribution in [0.3, 0.4) is 0 Å². The number of nitrogens with zero attached hydrogens (tertiary/aromatic N) is 4. The Kier molecular flexibility index (Phi) is 6.95. The van der Waals surface area contributed by atoms with Gasteiger partial charge >= 0.3 is 5.97 Å². The van der Waals surface area contributed by atoms with Gasteiger partial charge in [0.05, 0.1) is 16.9 Å². The maximum absolute atomic E-state index is 12.6. The van der Waals surface area contributed by atoms with Crippen LogP contribution in [0.5, 0.6) is 5.88 Å². The standard InChI is InChI=1S/C20H18N4O8/c1-14-11-19(22(21-14)17-5-3-2-4-6-17)31-20(25)16-9-7-15(8-10-16)12-18(32-24(28)29)13-30-23(26)27/h2-11,18H,12-13H2,1H3. The molecule has 3 aromatic rings. The molecular weight excluding hydrogens is 424 g/mol. The molecule has 0 aliphatic heterocycles. The van der Waals surface area contributed by atoms with E-state index in [1.54, 1.807) is 25.1 Å². The zero-order valence-corrected chi connectivity index (χ0v) is 16.8. The number of esters is 1. The van der Waals surface area contributed by atoms with E-state index in [1.807, 2.05) is 30.3 Å². The van der Waals surface area contributed by atoms with Crippen molar-refractivity contribution in [2.24, 2.45) is 0 Å². The number of benzene rings is 2. The highest BCUT2D eigenvalue weighted by atomic mass is 17.0. The van der Waals surface area contributed by atoms with Gasteiger partial charge in [-0.05, 0) is 36.8 Å². The first-order chi connectivity index (χ1) is 15.3. The molecule has 2 aromatic carbocycles. The van der Waals surface area contributed by atoms with E-state index in [0.717, 1.165) is 5.69 Å². The van der Waals surface area contributed by atoms with Gasteiger partial charge in [0.1, 0.15) is 12.7 Å². The molecule has 12 heteroatoms. The van der Waals surface area contributed by atoms with Crippen LogP contribution in [-0.4, -0.2) is 38.6 Å². The van der Waals surface area contributed by atoms with Crippen LogP contribution in [-0.2, 0) is 16.1 Å². The number of ether oxygens (including phenoxy) is 1. The number of rotatable bonds is 10. The van der Waals surface area contributed by atoms with E-state index in [9.17, 15) is 25.0 Å². The molecule has 0 radical (unpaired) electrons. The average Bonchev–Trinajstić information content (AvgIpc) is 3.12. The lowest BCUT2D eigenvalue weighted by Gasteiger charge is -2.14. The van der Waals surface area contributed by atoms with Gasteiger partial charge in [-0.3, -0.25) is 0 Å². The second kappa shape index (κ2) is 10.0. The van der Waals surface area contributed by atoms with Crippen LogP contribution in [0, 0.1) is 27.2 Å². The molecule has 0 aliphatic rings. The number of carbonyl (C=O) groups excluding carboxylic acids is 1. The molecule has 0 amide bonds. The molecule has 1 atom stereocenters. The molecule has 0 saturated heterocycles. The quantitative estimate of drug-likeness (QED) is 0.262. The molecule has 0 fully saturated rings. The van der Waals surface area contributed by atoms with E-state index < -0.39 is 28.9 Å². The van der Waals surface area contributed by atoms with Gasteiger partial charge < -0.3 is 14.4 Å². The molecule has 0 N–H and O–H groups in total. The van der Waals surface area contributed by atoms with Crippen molar-refractivity contribution in [3.63, 3.8) is 0 Å². The summed E-state index contributed by atoms with van der Waals surface area (Å²) in [6, 6.07) is 16.8. The van der Waals surface area contributed by atoms with Crippen molar-refractivity contribution in [2.45, 2.75) is 19.4 Å². The Morgan fingerprint density at radius 2 is 1.75 bits per heavy atom. The van der Waals surface area contributed by atoms with Gasteiger partial charge in [-0.2, -0.15) is 5.10 Å². The Hall–Kier alpha value is -4.48. The molecule has 166 valence electrons. The predicted octanol–water partition coefficient (Wildman–Crippen LogP) is 2.73. The lowest BCUT2D eigenvalue weighted by molar-refractivity contribution is -0.789. The van der Waals surface area contributed by atoms with Crippen LogP contribution < -0.4 is 4.74 Å². The van der Waals surface area contributed by atoms with E-state index >= 15 is 0 Å². The Bertz CT molecular complexity index is 1100. The van der Waals surface area contributed by atoms with Crippen LogP contribution in [0.15, 0.2) is 60.7 Å². The third-order valence-electron chi connectivity index (χ3n) is 4.25. The third-order valence-corrected chi connectivity index (χ3v) is 4.25. The molecule has 0 bridgehead atoms.